The zero-order chi connectivity index (χ0) is 31.0. The Bertz CT molecular complexity index is 1540. The number of nitrogens with zero attached hydrogens (tertiary/aromatic N) is 7. The van der Waals surface area contributed by atoms with Crippen LogP contribution < -0.4 is 20.5 Å². The lowest BCUT2D eigenvalue weighted by Crippen LogP contribution is -2.39. The van der Waals surface area contributed by atoms with Gasteiger partial charge in [-0.3, -0.25) is 0 Å². The van der Waals surface area contributed by atoms with E-state index in [0.29, 0.717) is 18.8 Å². The Kier molecular flexibility index (Phi) is 9.87. The molecule has 0 radical (unpaired) electrons. The lowest BCUT2D eigenvalue weighted by Gasteiger charge is -2.19. The van der Waals surface area contributed by atoms with Crippen LogP contribution in [0.1, 0.15) is 44.8 Å². The molecule has 228 valence electrons. The molecule has 3 heterocycles. The molecule has 0 aliphatic heterocycles. The van der Waals surface area contributed by atoms with Gasteiger partial charge in [0.2, 0.25) is 23.8 Å². The molecule has 0 saturated carbocycles. The molecule has 43 heavy (non-hydrogen) atoms. The summed E-state index contributed by atoms with van der Waals surface area (Å²) in [4.78, 5) is 32.9. The van der Waals surface area contributed by atoms with Crippen molar-refractivity contribution in [2.45, 2.75) is 45.4 Å². The number of aromatic nitrogens is 7. The molecule has 1 atom stereocenters. The number of tetrazole rings is 1. The van der Waals surface area contributed by atoms with Crippen molar-refractivity contribution in [2.75, 3.05) is 18.9 Å². The van der Waals surface area contributed by atoms with Crippen molar-refractivity contribution in [1.82, 2.24) is 35.6 Å². The van der Waals surface area contributed by atoms with Crippen LogP contribution in [0.25, 0.3) is 11.1 Å². The third-order valence-corrected chi connectivity index (χ3v) is 6.40. The number of carboxylic acid groups (broad SMARTS) is 1. The van der Waals surface area contributed by atoms with E-state index in [4.69, 9.17) is 20.0 Å². The van der Waals surface area contributed by atoms with Gasteiger partial charge in [0.1, 0.15) is 23.7 Å². The van der Waals surface area contributed by atoms with E-state index in [0.717, 1.165) is 28.9 Å². The lowest BCUT2D eigenvalue weighted by atomic mass is 10.1. The molecule has 0 bridgehead atoms. The zero-order valence-corrected chi connectivity index (χ0v) is 24.9. The molecule has 17 heteroatoms. The summed E-state index contributed by atoms with van der Waals surface area (Å²) in [5, 5.41) is 31.4. The first-order valence-corrected chi connectivity index (χ1v) is 14.0. The number of H-pyrrole nitrogens is 1. The number of alkyl carbamates (subject to hydrolysis) is 1. The van der Waals surface area contributed by atoms with Crippen molar-refractivity contribution in [3.63, 3.8) is 0 Å². The van der Waals surface area contributed by atoms with E-state index in [1.165, 1.54) is 5.38 Å². The molecule has 0 aliphatic carbocycles. The van der Waals surface area contributed by atoms with Gasteiger partial charge in [0.05, 0.1) is 18.3 Å². The summed E-state index contributed by atoms with van der Waals surface area (Å²) >= 11 is 1.08. The maximum atomic E-state index is 11.8. The fourth-order valence-corrected chi connectivity index (χ4v) is 4.31. The molecule has 0 fully saturated rings. The Morgan fingerprint density at radius 3 is 2.65 bits per heavy atom. The molecular formula is C26H33N10O6S+. The van der Waals surface area contributed by atoms with Gasteiger partial charge in [-0.15, -0.1) is 26.2 Å². The van der Waals surface area contributed by atoms with E-state index >= 15 is 0 Å². The number of carboxylic acids is 1. The van der Waals surface area contributed by atoms with Crippen molar-refractivity contribution in [1.29, 1.82) is 0 Å². The van der Waals surface area contributed by atoms with Crippen LogP contribution >= 0.6 is 11.3 Å². The highest BCUT2D eigenvalue weighted by Crippen LogP contribution is 2.23. The second kappa shape index (κ2) is 13.7. The SMILES string of the molecule is C[n+]1cc(-c2ccc(OCC(ON=C(C(=O)O)c3csc(N)n3)c3nn[nH]n3)cc2)cn1CCCNC(=O)OC(C)(C)C. The summed E-state index contributed by atoms with van der Waals surface area (Å²) in [5.41, 5.74) is 6.69. The summed E-state index contributed by atoms with van der Waals surface area (Å²) in [6, 6.07) is 7.43. The third kappa shape index (κ3) is 8.96. The molecule has 0 saturated heterocycles. The summed E-state index contributed by atoms with van der Waals surface area (Å²) in [7, 11) is 1.95. The van der Waals surface area contributed by atoms with E-state index < -0.39 is 29.5 Å². The molecule has 4 aromatic rings. The molecule has 1 aromatic carbocycles. The normalized spacial score (nSPS) is 12.5. The minimum atomic E-state index is -1.34. The Balaban J connectivity index is 1.34. The average Bonchev–Trinajstić information content (AvgIpc) is 3.70. The van der Waals surface area contributed by atoms with Gasteiger partial charge >= 0.3 is 12.1 Å². The number of nitrogen functional groups attached to an aromatic ring is 1. The number of aromatic amines is 1. The van der Waals surface area contributed by atoms with Crippen molar-refractivity contribution >= 4 is 34.2 Å². The predicted octanol–water partition coefficient (Wildman–Crippen LogP) is 2.07. The van der Waals surface area contributed by atoms with Crippen molar-refractivity contribution in [2.24, 2.45) is 12.2 Å². The smallest absolute Gasteiger partial charge is 0.407 e. The van der Waals surface area contributed by atoms with Gasteiger partial charge in [0.15, 0.2) is 12.2 Å². The van der Waals surface area contributed by atoms with E-state index in [1.54, 1.807) is 12.1 Å². The first-order valence-electron chi connectivity index (χ1n) is 13.2. The minimum Gasteiger partial charge on any atom is -0.489 e. The summed E-state index contributed by atoms with van der Waals surface area (Å²) in [6.07, 6.45) is 3.36. The summed E-state index contributed by atoms with van der Waals surface area (Å²) in [6.45, 7) is 6.58. The van der Waals surface area contributed by atoms with Gasteiger partial charge in [-0.2, -0.15) is 9.90 Å². The number of thiazole rings is 1. The number of aryl methyl sites for hydroxylation is 2. The summed E-state index contributed by atoms with van der Waals surface area (Å²) < 4.78 is 15.2. The Morgan fingerprint density at radius 2 is 2.02 bits per heavy atom. The van der Waals surface area contributed by atoms with Gasteiger partial charge in [-0.25, -0.2) is 14.6 Å². The van der Waals surface area contributed by atoms with Gasteiger partial charge in [-0.05, 0) is 44.9 Å². The highest BCUT2D eigenvalue weighted by atomic mass is 32.1. The maximum Gasteiger partial charge on any atom is 0.407 e. The van der Waals surface area contributed by atoms with Gasteiger partial charge in [-0.1, -0.05) is 22.5 Å². The van der Waals surface area contributed by atoms with Crippen LogP contribution in [0.15, 0.2) is 47.2 Å². The minimum absolute atomic E-state index is 0.0677. The first kappa shape index (κ1) is 30.9. The van der Waals surface area contributed by atoms with Crippen LogP contribution in [0.3, 0.4) is 0 Å². The Labute approximate surface area is 250 Å². The van der Waals surface area contributed by atoms with E-state index in [1.807, 2.05) is 57.0 Å². The second-order valence-electron chi connectivity index (χ2n) is 10.2. The standard InChI is InChI=1S/C26H32N10O6S/c1-26(2,3)41-25(39)28-10-5-11-36-13-17(12-35(36)4)16-6-8-18(9-7-16)40-14-20(22-30-33-34-31-22)42-32-21(23(37)38)19-15-43-24(27)29-19/h6-9,12-13,15,20H,5,10-11,14H2,1-4H3,(H4-,27,28,29,30,31,33,34,37,38,39)/p+1. The van der Waals surface area contributed by atoms with Crippen LogP contribution in [-0.2, 0) is 28.0 Å². The van der Waals surface area contributed by atoms with E-state index in [9.17, 15) is 14.7 Å². The molecule has 5 N–H and O–H groups in total. The second-order valence-corrected chi connectivity index (χ2v) is 11.1. The fourth-order valence-electron chi connectivity index (χ4n) is 3.76. The number of hydrogen-bond donors (Lipinski definition) is 4. The molecule has 1 amide bonds. The topological polar surface area (TPSA) is 209 Å². The number of benzene rings is 1. The Hall–Kier alpha value is -5.06. The highest BCUT2D eigenvalue weighted by Gasteiger charge is 2.23. The molecule has 1 unspecified atom stereocenters. The van der Waals surface area contributed by atoms with Crippen LogP contribution in [0.2, 0.25) is 0 Å². The monoisotopic (exact) mass is 613 g/mol. The number of hydrogen-bond acceptors (Lipinski definition) is 12. The van der Waals surface area contributed by atoms with Crippen LogP contribution in [-0.4, -0.2) is 71.9 Å². The third-order valence-electron chi connectivity index (χ3n) is 5.73. The highest BCUT2D eigenvalue weighted by molar-refractivity contribution is 7.13. The van der Waals surface area contributed by atoms with E-state index in [-0.39, 0.29) is 23.3 Å². The average molecular weight is 614 g/mol. The number of carbonyl (C=O) groups is 2. The largest absolute Gasteiger partial charge is 0.489 e. The van der Waals surface area contributed by atoms with Gasteiger partial charge in [0, 0.05) is 11.9 Å². The number of nitrogens with two attached hydrogens (primary N) is 1. The fraction of sp³-hybridized carbons (Fsp3) is 0.385. The number of carbonyl (C=O) groups excluding carboxylic acids is 1. The molecule has 16 nitrogen and oxygen atoms in total. The molecule has 4 rings (SSSR count). The van der Waals surface area contributed by atoms with Crippen LogP contribution in [0, 0.1) is 0 Å². The van der Waals surface area contributed by atoms with Crippen molar-refractivity contribution in [3.8, 4) is 16.9 Å². The van der Waals surface area contributed by atoms with E-state index in [2.05, 4.69) is 40.8 Å². The van der Waals surface area contributed by atoms with Crippen LogP contribution in [0.4, 0.5) is 9.93 Å². The number of anilines is 1. The van der Waals surface area contributed by atoms with Crippen molar-refractivity contribution < 1.29 is 33.7 Å². The molecular weight excluding hydrogens is 580 g/mol. The number of amides is 1. The quantitative estimate of drug-likeness (QED) is 0.0742. The van der Waals surface area contributed by atoms with Crippen LogP contribution in [0.5, 0.6) is 5.75 Å². The van der Waals surface area contributed by atoms with Gasteiger partial charge < -0.3 is 30.5 Å². The molecule has 0 spiro atoms. The summed E-state index contributed by atoms with van der Waals surface area (Å²) in [5.74, 6) is -0.681. The number of oxime groups is 1. The number of ether oxygens (including phenoxy) is 2. The predicted molar refractivity (Wildman–Crippen MR) is 154 cm³/mol. The lowest BCUT2D eigenvalue weighted by molar-refractivity contribution is -0.753. The van der Waals surface area contributed by atoms with Crippen molar-refractivity contribution in [3.05, 3.63) is 53.6 Å². The molecule has 3 aromatic heterocycles. The zero-order valence-electron chi connectivity index (χ0n) is 24.1. The number of aliphatic carboxylic acids is 1. The maximum absolute atomic E-state index is 11.8. The number of rotatable bonds is 13. The van der Waals surface area contributed by atoms with Gasteiger partial charge in [0.25, 0.3) is 0 Å². The molecule has 0 aliphatic rings. The first-order chi connectivity index (χ1) is 20.5. The number of nitrogens with one attached hydrogen (secondary N) is 2. The Morgan fingerprint density at radius 1 is 1.26 bits per heavy atom.